The van der Waals surface area contributed by atoms with E-state index in [1.165, 1.54) is 26.2 Å². The zero-order valence-corrected chi connectivity index (χ0v) is 18.6. The number of aromatic nitrogens is 2. The molecule has 1 aromatic heterocycles. The minimum absolute atomic E-state index is 0.0491. The molecule has 0 spiro atoms. The van der Waals surface area contributed by atoms with E-state index in [0.29, 0.717) is 4.90 Å². The van der Waals surface area contributed by atoms with Crippen molar-refractivity contribution in [3.05, 3.63) is 89.5 Å². The van der Waals surface area contributed by atoms with Gasteiger partial charge in [0, 0.05) is 30.6 Å². The molecular formula is C22H17F2N3O3S2. The van der Waals surface area contributed by atoms with Crippen molar-refractivity contribution in [2.75, 3.05) is 14.1 Å². The second-order valence-electron chi connectivity index (χ2n) is 6.97. The molecule has 0 aliphatic carbocycles. The topological polar surface area (TPSA) is 72.3 Å². The van der Waals surface area contributed by atoms with Gasteiger partial charge in [0.05, 0.1) is 11.1 Å². The fourth-order valence-corrected chi connectivity index (χ4v) is 5.27. The average molecular weight is 474 g/mol. The maximum atomic E-state index is 14.9. The quantitative estimate of drug-likeness (QED) is 0.390. The van der Waals surface area contributed by atoms with E-state index in [2.05, 4.69) is 4.98 Å². The van der Waals surface area contributed by atoms with E-state index in [4.69, 9.17) is 0 Å². The van der Waals surface area contributed by atoms with Gasteiger partial charge in [0.15, 0.2) is 22.6 Å². The third-order valence-corrected chi connectivity index (χ3v) is 7.51. The Labute approximate surface area is 187 Å². The predicted octanol–water partition coefficient (Wildman–Crippen LogP) is 4.35. The van der Waals surface area contributed by atoms with Crippen molar-refractivity contribution in [2.45, 2.75) is 10.1 Å². The summed E-state index contributed by atoms with van der Waals surface area (Å²) in [6.45, 7) is 0. The lowest BCUT2D eigenvalue weighted by Crippen LogP contribution is -2.29. The second kappa shape index (κ2) is 8.45. The zero-order valence-electron chi connectivity index (χ0n) is 17.0. The number of halogens is 2. The molecule has 0 unspecified atom stereocenters. The molecule has 0 bridgehead atoms. The monoisotopic (exact) mass is 473 g/mol. The van der Waals surface area contributed by atoms with Crippen molar-refractivity contribution in [3.8, 4) is 0 Å². The van der Waals surface area contributed by atoms with Crippen LogP contribution < -0.4 is 0 Å². The summed E-state index contributed by atoms with van der Waals surface area (Å²) >= 11 is 1.00. The minimum atomic E-state index is -4.18. The highest BCUT2D eigenvalue weighted by Crippen LogP contribution is 2.35. The highest BCUT2D eigenvalue weighted by molar-refractivity contribution is 7.99. The molecule has 164 valence electrons. The van der Waals surface area contributed by atoms with E-state index in [9.17, 15) is 22.0 Å². The summed E-state index contributed by atoms with van der Waals surface area (Å²) in [6.07, 6.45) is 0. The number of fused-ring (bicyclic) bond motifs is 1. The van der Waals surface area contributed by atoms with Gasteiger partial charge in [-0.25, -0.2) is 17.7 Å². The molecule has 3 aromatic carbocycles. The SMILES string of the molecule is CN(C)S(=O)(=O)n1c(Sc2ccccc2)nc2c(C(=O)c3ccccc3)c(F)c(F)cc21. The summed E-state index contributed by atoms with van der Waals surface area (Å²) in [5.74, 6) is -3.52. The molecule has 10 heteroatoms. The lowest BCUT2D eigenvalue weighted by atomic mass is 10.0. The predicted molar refractivity (Wildman–Crippen MR) is 118 cm³/mol. The van der Waals surface area contributed by atoms with Crippen molar-refractivity contribution >= 4 is 38.8 Å². The first-order chi connectivity index (χ1) is 15.2. The van der Waals surface area contributed by atoms with E-state index in [-0.39, 0.29) is 21.8 Å². The van der Waals surface area contributed by atoms with Crippen LogP contribution in [0.5, 0.6) is 0 Å². The van der Waals surface area contributed by atoms with Gasteiger partial charge < -0.3 is 0 Å². The lowest BCUT2D eigenvalue weighted by molar-refractivity contribution is 0.103. The van der Waals surface area contributed by atoms with E-state index >= 15 is 0 Å². The maximum Gasteiger partial charge on any atom is 0.309 e. The average Bonchev–Trinajstić information content (AvgIpc) is 3.13. The molecule has 1 heterocycles. The molecule has 0 saturated carbocycles. The highest BCUT2D eigenvalue weighted by atomic mass is 32.2. The Morgan fingerprint density at radius 2 is 1.59 bits per heavy atom. The van der Waals surface area contributed by atoms with Crippen LogP contribution in [0.1, 0.15) is 15.9 Å². The third kappa shape index (κ3) is 3.81. The van der Waals surface area contributed by atoms with Gasteiger partial charge in [-0.1, -0.05) is 60.3 Å². The molecular weight excluding hydrogens is 456 g/mol. The molecule has 0 aliphatic rings. The summed E-state index contributed by atoms with van der Waals surface area (Å²) in [5, 5.41) is -0.0491. The summed E-state index contributed by atoms with van der Waals surface area (Å²) in [4.78, 5) is 18.0. The molecule has 4 aromatic rings. The molecule has 32 heavy (non-hydrogen) atoms. The molecule has 0 saturated heterocycles. The second-order valence-corrected chi connectivity index (χ2v) is 10.0. The molecule has 0 aliphatic heterocycles. The fraction of sp³-hybridized carbons (Fsp3) is 0.0909. The van der Waals surface area contributed by atoms with E-state index in [0.717, 1.165) is 26.1 Å². The highest BCUT2D eigenvalue weighted by Gasteiger charge is 2.31. The van der Waals surface area contributed by atoms with Gasteiger partial charge in [0.1, 0.15) is 5.52 Å². The number of hydrogen-bond donors (Lipinski definition) is 0. The molecule has 0 fully saturated rings. The van der Waals surface area contributed by atoms with Crippen LogP contribution in [0.25, 0.3) is 11.0 Å². The summed E-state index contributed by atoms with van der Waals surface area (Å²) in [7, 11) is -1.55. The van der Waals surface area contributed by atoms with Crippen LogP contribution in [0.15, 0.2) is 76.8 Å². The number of carbonyl (C=O) groups is 1. The number of carbonyl (C=O) groups excluding carboxylic acids is 1. The Morgan fingerprint density at radius 1 is 1.00 bits per heavy atom. The number of nitrogens with zero attached hydrogens (tertiary/aromatic N) is 3. The largest absolute Gasteiger partial charge is 0.309 e. The third-order valence-electron chi connectivity index (χ3n) is 4.68. The first-order valence-corrected chi connectivity index (χ1v) is 11.6. The molecule has 4 rings (SSSR count). The van der Waals surface area contributed by atoms with Crippen LogP contribution in [-0.2, 0) is 10.2 Å². The van der Waals surface area contributed by atoms with E-state index in [1.54, 1.807) is 48.5 Å². The van der Waals surface area contributed by atoms with Gasteiger partial charge in [0.25, 0.3) is 0 Å². The van der Waals surface area contributed by atoms with Gasteiger partial charge in [0.2, 0.25) is 0 Å². The van der Waals surface area contributed by atoms with Crippen LogP contribution in [0, 0.1) is 11.6 Å². The Balaban J connectivity index is 2.05. The van der Waals surface area contributed by atoms with Gasteiger partial charge in [-0.15, -0.1) is 0 Å². The van der Waals surface area contributed by atoms with Crippen LogP contribution >= 0.6 is 11.8 Å². The Kier molecular flexibility index (Phi) is 5.85. The summed E-state index contributed by atoms with van der Waals surface area (Å²) in [5.41, 5.74) is -0.952. The van der Waals surface area contributed by atoms with E-state index < -0.39 is 33.2 Å². The first kappa shape index (κ1) is 22.1. The number of rotatable bonds is 6. The minimum Gasteiger partial charge on any atom is -0.288 e. The van der Waals surface area contributed by atoms with Crippen molar-refractivity contribution in [3.63, 3.8) is 0 Å². The number of hydrogen-bond acceptors (Lipinski definition) is 5. The fourth-order valence-electron chi connectivity index (χ4n) is 3.10. The number of ketones is 1. The van der Waals surface area contributed by atoms with Crippen LogP contribution in [0.4, 0.5) is 8.78 Å². The molecule has 0 amide bonds. The smallest absolute Gasteiger partial charge is 0.288 e. The molecule has 0 radical (unpaired) electrons. The van der Waals surface area contributed by atoms with Crippen molar-refractivity contribution in [1.29, 1.82) is 0 Å². The Bertz CT molecular complexity index is 1420. The molecule has 0 N–H and O–H groups in total. The van der Waals surface area contributed by atoms with Crippen LogP contribution in [-0.4, -0.2) is 41.6 Å². The standard InChI is InChI=1S/C22H17F2N3O3S2/c1-26(2)32(29,30)27-17-13-16(23)19(24)18(21(28)14-9-5-3-6-10-14)20(17)25-22(27)31-15-11-7-4-8-12-15/h3-13H,1-2H3. The van der Waals surface area contributed by atoms with Crippen LogP contribution in [0.3, 0.4) is 0 Å². The normalized spacial score (nSPS) is 11.9. The van der Waals surface area contributed by atoms with Gasteiger partial charge in [-0.2, -0.15) is 12.7 Å². The summed E-state index contributed by atoms with van der Waals surface area (Å²) < 4.78 is 57.4. The first-order valence-electron chi connectivity index (χ1n) is 9.38. The van der Waals surface area contributed by atoms with Gasteiger partial charge in [-0.05, 0) is 12.1 Å². The molecule has 0 atom stereocenters. The number of benzene rings is 3. The Hall–Kier alpha value is -3.08. The van der Waals surface area contributed by atoms with Crippen molar-refractivity contribution < 1.29 is 22.0 Å². The Morgan fingerprint density at radius 3 is 2.19 bits per heavy atom. The number of imidazole rings is 1. The van der Waals surface area contributed by atoms with Crippen LogP contribution in [0.2, 0.25) is 0 Å². The van der Waals surface area contributed by atoms with Gasteiger partial charge in [-0.3, -0.25) is 4.79 Å². The lowest BCUT2D eigenvalue weighted by Gasteiger charge is -2.15. The van der Waals surface area contributed by atoms with E-state index in [1.807, 2.05) is 0 Å². The summed E-state index contributed by atoms with van der Waals surface area (Å²) in [6, 6.07) is 17.3. The molecule has 6 nitrogen and oxygen atoms in total. The van der Waals surface area contributed by atoms with Crippen molar-refractivity contribution in [2.24, 2.45) is 0 Å². The maximum absolute atomic E-state index is 14.9. The van der Waals surface area contributed by atoms with Gasteiger partial charge >= 0.3 is 10.2 Å². The van der Waals surface area contributed by atoms with Crippen molar-refractivity contribution in [1.82, 2.24) is 13.3 Å². The zero-order chi connectivity index (χ0) is 23.0.